The molecule has 2 aromatic rings. The average Bonchev–Trinajstić information content (AvgIpc) is 2.76. The molecule has 19 heavy (non-hydrogen) atoms. The second kappa shape index (κ2) is 7.86. The lowest BCUT2D eigenvalue weighted by molar-refractivity contribution is 0.181. The van der Waals surface area contributed by atoms with Crippen molar-refractivity contribution < 1.29 is 4.74 Å². The van der Waals surface area contributed by atoms with Gasteiger partial charge in [-0.1, -0.05) is 6.07 Å². The fraction of sp³-hybridized carbons (Fsp3) is 0.250. The number of rotatable bonds is 3. The third kappa shape index (κ3) is 5.80. The summed E-state index contributed by atoms with van der Waals surface area (Å²) in [4.78, 5) is 4.37. The molecule has 2 heterocycles. The highest BCUT2D eigenvalue weighted by atomic mass is 79.9. The van der Waals surface area contributed by atoms with Crippen LogP contribution >= 0.6 is 15.9 Å². The summed E-state index contributed by atoms with van der Waals surface area (Å²) in [6.45, 7) is 2.16. The maximum atomic E-state index is 6.42. The normalized spacial score (nSPS) is 9.63. The quantitative estimate of drug-likeness (QED) is 0.690. The molecule has 0 saturated carbocycles. The van der Waals surface area contributed by atoms with Gasteiger partial charge in [0.25, 0.3) is 0 Å². The molecule has 0 fully saturated rings. The van der Waals surface area contributed by atoms with Gasteiger partial charge in [0, 0.05) is 18.9 Å². The Morgan fingerprint density at radius 2 is 2.16 bits per heavy atom. The summed E-state index contributed by atoms with van der Waals surface area (Å²) >= 11 is 2.85. The van der Waals surface area contributed by atoms with Crippen molar-refractivity contribution in [2.75, 3.05) is 7.11 Å². The topological polar surface area (TPSA) is 63.8 Å². The van der Waals surface area contributed by atoms with Gasteiger partial charge in [0.05, 0.1) is 16.9 Å². The highest BCUT2D eigenvalue weighted by molar-refractivity contribution is 9.18. The van der Waals surface area contributed by atoms with E-state index in [9.17, 15) is 0 Å². The Balaban J connectivity index is 0.000000399. The first kappa shape index (κ1) is 15.6. The third-order valence-corrected chi connectivity index (χ3v) is 1.93. The van der Waals surface area contributed by atoms with Crippen molar-refractivity contribution in [1.29, 1.82) is 5.41 Å². The van der Waals surface area contributed by atoms with Gasteiger partial charge < -0.3 is 4.74 Å². The summed E-state index contributed by atoms with van der Waals surface area (Å²) in [5.41, 5.74) is 1.35. The Bertz CT molecular complexity index is 540. The van der Waals surface area contributed by atoms with E-state index in [-0.39, 0.29) is 0 Å². The molecule has 0 aliphatic heterocycles. The molecule has 5 nitrogen and oxygen atoms in total. The van der Waals surface area contributed by atoms with E-state index in [0.717, 1.165) is 11.5 Å². The van der Waals surface area contributed by atoms with Gasteiger partial charge in [-0.25, -0.2) is 9.67 Å². The summed E-state index contributed by atoms with van der Waals surface area (Å²) in [7, 11) is 7.17. The number of ether oxygens (including phenoxy) is 1. The maximum absolute atomic E-state index is 6.42. The first-order valence-electron chi connectivity index (χ1n) is 5.50. The Labute approximate surface area is 122 Å². The minimum absolute atomic E-state index is 0.479. The summed E-state index contributed by atoms with van der Waals surface area (Å²) < 4.78 is 7.12. The van der Waals surface area contributed by atoms with Gasteiger partial charge in [0.2, 0.25) is 0 Å². The Hall–Kier alpha value is -1.47. The summed E-state index contributed by atoms with van der Waals surface area (Å²) in [6, 6.07) is 7.41. The van der Waals surface area contributed by atoms with Crippen LogP contribution in [0.25, 0.3) is 5.82 Å². The van der Waals surface area contributed by atoms with Crippen molar-refractivity contribution in [1.82, 2.24) is 14.8 Å². The fourth-order valence-electron chi connectivity index (χ4n) is 1.29. The van der Waals surface area contributed by atoms with Gasteiger partial charge in [-0.15, -0.1) is 0 Å². The van der Waals surface area contributed by atoms with Crippen molar-refractivity contribution >= 4 is 34.0 Å². The van der Waals surface area contributed by atoms with Crippen LogP contribution in [0.5, 0.6) is 0 Å². The number of halogens is 1. The zero-order valence-corrected chi connectivity index (χ0v) is 12.4. The zero-order valence-electron chi connectivity index (χ0n) is 10.8. The number of hydrogen-bond acceptors (Lipinski definition) is 4. The SMILES string of the molecule is CC(=N)Br.[B]c1ccn(-c2cccc(COC)n2)n1. The molecule has 0 aliphatic carbocycles. The van der Waals surface area contributed by atoms with E-state index in [0.29, 0.717) is 16.8 Å². The molecule has 0 atom stereocenters. The van der Waals surface area contributed by atoms with Crippen LogP contribution in [-0.2, 0) is 11.3 Å². The molecule has 0 saturated heterocycles. The molecule has 0 aliphatic rings. The number of methoxy groups -OCH3 is 1. The predicted octanol–water partition coefficient (Wildman–Crippen LogP) is 1.59. The molecule has 1 N–H and O–H groups in total. The second-order valence-electron chi connectivity index (χ2n) is 3.64. The van der Waals surface area contributed by atoms with Crippen LogP contribution in [0.3, 0.4) is 0 Å². The Kier molecular flexibility index (Phi) is 6.45. The van der Waals surface area contributed by atoms with Crippen molar-refractivity contribution in [2.24, 2.45) is 0 Å². The molecule has 0 aromatic carbocycles. The lowest BCUT2D eigenvalue weighted by Crippen LogP contribution is -2.08. The van der Waals surface area contributed by atoms with Gasteiger partial charge >= 0.3 is 0 Å². The standard InChI is InChI=1S/C10H10BN3O.C2H4BrN/c1-15-7-8-3-2-4-10(12-8)14-6-5-9(11)13-14;1-2(3)4/h2-6H,7H2,1H3;4H,1H3. The lowest BCUT2D eigenvalue weighted by atomic mass is 10.1. The van der Waals surface area contributed by atoms with Crippen LogP contribution in [0.4, 0.5) is 0 Å². The zero-order chi connectivity index (χ0) is 14.3. The molecule has 7 heteroatoms. The van der Waals surface area contributed by atoms with Crippen LogP contribution in [-0.4, -0.2) is 34.3 Å². The van der Waals surface area contributed by atoms with E-state index in [4.69, 9.17) is 18.0 Å². The van der Waals surface area contributed by atoms with Crippen molar-refractivity contribution in [2.45, 2.75) is 13.5 Å². The second-order valence-corrected chi connectivity index (χ2v) is 4.83. The number of nitrogens with zero attached hydrogens (tertiary/aromatic N) is 3. The fourth-order valence-corrected chi connectivity index (χ4v) is 1.29. The highest BCUT2D eigenvalue weighted by Gasteiger charge is 2.00. The number of hydrogen-bond donors (Lipinski definition) is 1. The minimum Gasteiger partial charge on any atom is -0.378 e. The molecule has 2 radical (unpaired) electrons. The molecular formula is C12H14BBrN4O. The van der Waals surface area contributed by atoms with Crippen LogP contribution in [0.1, 0.15) is 12.6 Å². The Morgan fingerprint density at radius 3 is 2.68 bits per heavy atom. The van der Waals surface area contributed by atoms with Gasteiger partial charge in [-0.2, -0.15) is 5.10 Å². The van der Waals surface area contributed by atoms with E-state index in [1.54, 1.807) is 31.0 Å². The summed E-state index contributed by atoms with van der Waals surface area (Å²) in [6.07, 6.45) is 1.77. The molecule has 2 aromatic heterocycles. The Morgan fingerprint density at radius 1 is 1.47 bits per heavy atom. The average molecular weight is 321 g/mol. The number of nitrogens with one attached hydrogen (secondary N) is 1. The first-order valence-corrected chi connectivity index (χ1v) is 6.29. The molecule has 98 valence electrons. The van der Waals surface area contributed by atoms with Gasteiger partial charge in [0.15, 0.2) is 5.82 Å². The largest absolute Gasteiger partial charge is 0.378 e. The van der Waals surface area contributed by atoms with Crippen molar-refractivity contribution in [3.63, 3.8) is 0 Å². The van der Waals surface area contributed by atoms with Crippen molar-refractivity contribution in [3.8, 4) is 5.82 Å². The van der Waals surface area contributed by atoms with E-state index in [2.05, 4.69) is 26.0 Å². The van der Waals surface area contributed by atoms with Crippen LogP contribution in [0, 0.1) is 5.41 Å². The van der Waals surface area contributed by atoms with Crippen molar-refractivity contribution in [3.05, 3.63) is 36.2 Å². The maximum Gasteiger partial charge on any atom is 0.153 e. The monoisotopic (exact) mass is 320 g/mol. The molecular weight excluding hydrogens is 307 g/mol. The van der Waals surface area contributed by atoms with Crippen LogP contribution in [0.2, 0.25) is 0 Å². The molecule has 0 unspecified atom stereocenters. The van der Waals surface area contributed by atoms with Gasteiger partial charge in [-0.3, -0.25) is 5.41 Å². The van der Waals surface area contributed by atoms with Crippen LogP contribution in [0.15, 0.2) is 30.5 Å². The number of aromatic nitrogens is 3. The van der Waals surface area contributed by atoms with E-state index in [1.165, 1.54) is 0 Å². The summed E-state index contributed by atoms with van der Waals surface area (Å²) in [5, 5.41) is 10.5. The molecule has 0 amide bonds. The van der Waals surface area contributed by atoms with Gasteiger partial charge in [-0.05, 0) is 41.1 Å². The van der Waals surface area contributed by atoms with Crippen LogP contribution < -0.4 is 5.59 Å². The first-order chi connectivity index (χ1) is 9.02. The lowest BCUT2D eigenvalue weighted by Gasteiger charge is -2.03. The smallest absolute Gasteiger partial charge is 0.153 e. The van der Waals surface area contributed by atoms with E-state index >= 15 is 0 Å². The van der Waals surface area contributed by atoms with E-state index < -0.39 is 0 Å². The predicted molar refractivity (Wildman–Crippen MR) is 79.8 cm³/mol. The minimum atomic E-state index is 0.479. The molecule has 2 rings (SSSR count). The summed E-state index contributed by atoms with van der Waals surface area (Å²) in [5.74, 6) is 0.737. The third-order valence-electron chi connectivity index (χ3n) is 1.93. The molecule has 0 spiro atoms. The molecule has 0 bridgehead atoms. The van der Waals surface area contributed by atoms with Gasteiger partial charge in [0.1, 0.15) is 7.85 Å². The number of pyridine rings is 1. The van der Waals surface area contributed by atoms with E-state index in [1.807, 2.05) is 18.2 Å². The highest BCUT2D eigenvalue weighted by Crippen LogP contribution is 2.04.